The van der Waals surface area contributed by atoms with Gasteiger partial charge in [0, 0.05) is 25.2 Å². The molecule has 1 aromatic rings. The van der Waals surface area contributed by atoms with Crippen molar-refractivity contribution in [2.24, 2.45) is 0 Å². The van der Waals surface area contributed by atoms with E-state index < -0.39 is 0 Å². The fourth-order valence-corrected chi connectivity index (χ4v) is 2.48. The Hall–Kier alpha value is -1.44. The summed E-state index contributed by atoms with van der Waals surface area (Å²) in [6.07, 6.45) is 2.59. The van der Waals surface area contributed by atoms with Crippen LogP contribution < -0.4 is 0 Å². The van der Waals surface area contributed by atoms with Crippen LogP contribution in [0.4, 0.5) is 4.39 Å². The molecule has 0 aliphatic carbocycles. The zero-order chi connectivity index (χ0) is 13.7. The zero-order valence-electron chi connectivity index (χ0n) is 11.4. The molecule has 4 heteroatoms. The lowest BCUT2D eigenvalue weighted by atomic mass is 10.1. The molecule has 1 aromatic carbocycles. The highest BCUT2D eigenvalue weighted by Crippen LogP contribution is 2.14. The van der Waals surface area contributed by atoms with Crippen LogP contribution >= 0.6 is 0 Å². The van der Waals surface area contributed by atoms with Gasteiger partial charge >= 0.3 is 0 Å². The van der Waals surface area contributed by atoms with Crippen LogP contribution in [0.2, 0.25) is 0 Å². The molecule has 0 radical (unpaired) electrons. The molecule has 1 aliphatic rings. The molecule has 1 saturated heterocycles. The molecule has 19 heavy (non-hydrogen) atoms. The first-order valence-corrected chi connectivity index (χ1v) is 6.79. The van der Waals surface area contributed by atoms with Crippen LogP contribution in [-0.2, 0) is 6.54 Å². The van der Waals surface area contributed by atoms with Crippen molar-refractivity contribution < 1.29 is 4.39 Å². The van der Waals surface area contributed by atoms with Gasteiger partial charge in [0.2, 0.25) is 0 Å². The Morgan fingerprint density at radius 1 is 1.37 bits per heavy atom. The molecular weight excluding hydrogens is 241 g/mol. The maximum atomic E-state index is 13.9. The average molecular weight is 261 g/mol. The Bertz CT molecular complexity index is 461. The summed E-state index contributed by atoms with van der Waals surface area (Å²) in [6, 6.07) is 6.89. The largest absolute Gasteiger partial charge is 0.302 e. The van der Waals surface area contributed by atoms with Crippen LogP contribution in [0.15, 0.2) is 18.2 Å². The molecule has 102 valence electrons. The van der Waals surface area contributed by atoms with Crippen molar-refractivity contribution in [2.45, 2.75) is 19.4 Å². The van der Waals surface area contributed by atoms with E-state index in [1.54, 1.807) is 12.1 Å². The van der Waals surface area contributed by atoms with Gasteiger partial charge in [-0.15, -0.1) is 0 Å². The van der Waals surface area contributed by atoms with Gasteiger partial charge in [0.1, 0.15) is 11.9 Å². The molecule has 0 atom stereocenters. The molecule has 2 rings (SSSR count). The fourth-order valence-electron chi connectivity index (χ4n) is 2.48. The normalized spacial score (nSPS) is 15.9. The van der Waals surface area contributed by atoms with E-state index in [-0.39, 0.29) is 11.4 Å². The minimum atomic E-state index is -0.377. The molecule has 0 bridgehead atoms. The predicted octanol–water partition coefficient (Wildman–Crippen LogP) is 2.22. The number of rotatable bonds is 5. The quantitative estimate of drug-likeness (QED) is 0.814. The van der Waals surface area contributed by atoms with E-state index in [0.29, 0.717) is 12.1 Å². The first-order valence-electron chi connectivity index (χ1n) is 6.79. The second-order valence-electron chi connectivity index (χ2n) is 5.18. The van der Waals surface area contributed by atoms with Crippen molar-refractivity contribution in [3.05, 3.63) is 35.1 Å². The molecule has 0 aromatic heterocycles. The summed E-state index contributed by atoms with van der Waals surface area (Å²) in [7, 11) is 1.99. The molecule has 1 heterocycles. The minimum absolute atomic E-state index is 0.130. The smallest absolute Gasteiger partial charge is 0.145 e. The van der Waals surface area contributed by atoms with Crippen molar-refractivity contribution in [1.29, 1.82) is 5.26 Å². The van der Waals surface area contributed by atoms with Gasteiger partial charge in [-0.3, -0.25) is 0 Å². The van der Waals surface area contributed by atoms with Gasteiger partial charge in [-0.05, 0) is 39.0 Å². The van der Waals surface area contributed by atoms with E-state index in [2.05, 4.69) is 9.80 Å². The van der Waals surface area contributed by atoms with Crippen LogP contribution in [0.3, 0.4) is 0 Å². The van der Waals surface area contributed by atoms with Crippen molar-refractivity contribution in [3.63, 3.8) is 0 Å². The summed E-state index contributed by atoms with van der Waals surface area (Å²) >= 11 is 0. The predicted molar refractivity (Wildman–Crippen MR) is 73.1 cm³/mol. The number of nitriles is 1. The summed E-state index contributed by atoms with van der Waals surface area (Å²) < 4.78 is 13.9. The molecule has 1 aliphatic heterocycles. The Labute approximate surface area is 114 Å². The van der Waals surface area contributed by atoms with Gasteiger partial charge in [-0.2, -0.15) is 5.26 Å². The van der Waals surface area contributed by atoms with Gasteiger partial charge in [0.15, 0.2) is 0 Å². The number of benzene rings is 1. The monoisotopic (exact) mass is 261 g/mol. The zero-order valence-corrected chi connectivity index (χ0v) is 11.4. The summed E-state index contributed by atoms with van der Waals surface area (Å²) in [6.45, 7) is 4.89. The van der Waals surface area contributed by atoms with Crippen LogP contribution in [0.5, 0.6) is 0 Å². The fraction of sp³-hybridized carbons (Fsp3) is 0.533. The van der Waals surface area contributed by atoms with E-state index in [0.717, 1.165) is 13.1 Å². The van der Waals surface area contributed by atoms with Gasteiger partial charge in [0.25, 0.3) is 0 Å². The summed E-state index contributed by atoms with van der Waals surface area (Å²) in [5, 5.41) is 8.81. The standard InChI is InChI=1S/C15H20FN3/c1-18(9-10-19-7-2-3-8-19)12-14-6-4-5-13(11-17)15(14)16/h4-6H,2-3,7-10,12H2,1H3. The molecular formula is C15H20FN3. The highest BCUT2D eigenvalue weighted by atomic mass is 19.1. The number of nitrogens with zero attached hydrogens (tertiary/aromatic N) is 3. The van der Waals surface area contributed by atoms with Gasteiger partial charge in [0.05, 0.1) is 5.56 Å². The lowest BCUT2D eigenvalue weighted by Gasteiger charge is -2.21. The molecule has 0 spiro atoms. The number of likely N-dealkylation sites (tertiary alicyclic amines) is 1. The second kappa shape index (κ2) is 6.65. The van der Waals surface area contributed by atoms with Crippen molar-refractivity contribution in [3.8, 4) is 6.07 Å². The molecule has 3 nitrogen and oxygen atoms in total. The first-order chi connectivity index (χ1) is 9.20. The number of halogens is 1. The second-order valence-corrected chi connectivity index (χ2v) is 5.18. The third kappa shape index (κ3) is 3.76. The average Bonchev–Trinajstić information content (AvgIpc) is 2.92. The van der Waals surface area contributed by atoms with E-state index in [9.17, 15) is 4.39 Å². The minimum Gasteiger partial charge on any atom is -0.302 e. The van der Waals surface area contributed by atoms with Gasteiger partial charge in [-0.1, -0.05) is 12.1 Å². The van der Waals surface area contributed by atoms with E-state index in [1.807, 2.05) is 13.1 Å². The maximum absolute atomic E-state index is 13.9. The molecule has 0 amide bonds. The lowest BCUT2D eigenvalue weighted by molar-refractivity contribution is 0.250. The van der Waals surface area contributed by atoms with Crippen LogP contribution in [0.1, 0.15) is 24.0 Å². The molecule has 0 saturated carbocycles. The van der Waals surface area contributed by atoms with Gasteiger partial charge < -0.3 is 9.80 Å². The highest BCUT2D eigenvalue weighted by Gasteiger charge is 2.13. The molecule has 0 unspecified atom stereocenters. The van der Waals surface area contributed by atoms with Crippen LogP contribution in [0, 0.1) is 17.1 Å². The van der Waals surface area contributed by atoms with Gasteiger partial charge in [-0.25, -0.2) is 4.39 Å². The maximum Gasteiger partial charge on any atom is 0.145 e. The Morgan fingerprint density at radius 2 is 2.11 bits per heavy atom. The topological polar surface area (TPSA) is 30.3 Å². The SMILES string of the molecule is CN(CCN1CCCC1)Cc1cccc(C#N)c1F. The number of hydrogen-bond donors (Lipinski definition) is 0. The number of hydrogen-bond acceptors (Lipinski definition) is 3. The molecule has 1 fully saturated rings. The Balaban J connectivity index is 1.88. The van der Waals surface area contributed by atoms with Crippen LogP contribution in [-0.4, -0.2) is 43.0 Å². The van der Waals surface area contributed by atoms with Crippen molar-refractivity contribution in [1.82, 2.24) is 9.80 Å². The molecule has 0 N–H and O–H groups in total. The third-order valence-corrected chi connectivity index (χ3v) is 3.64. The summed E-state index contributed by atoms with van der Waals surface area (Å²) in [4.78, 5) is 4.55. The van der Waals surface area contributed by atoms with Crippen LogP contribution in [0.25, 0.3) is 0 Å². The summed E-state index contributed by atoms with van der Waals surface area (Å²) in [5.74, 6) is -0.377. The highest BCUT2D eigenvalue weighted by molar-refractivity contribution is 5.34. The lowest BCUT2D eigenvalue weighted by Crippen LogP contribution is -2.31. The third-order valence-electron chi connectivity index (χ3n) is 3.64. The number of likely N-dealkylation sites (N-methyl/N-ethyl adjacent to an activating group) is 1. The van der Waals surface area contributed by atoms with E-state index in [4.69, 9.17) is 5.26 Å². The Kier molecular flexibility index (Phi) is 4.89. The van der Waals surface area contributed by atoms with Crippen molar-refractivity contribution in [2.75, 3.05) is 33.2 Å². The van der Waals surface area contributed by atoms with E-state index in [1.165, 1.54) is 32.0 Å². The summed E-state index contributed by atoms with van der Waals surface area (Å²) in [5.41, 5.74) is 0.730. The first kappa shape index (κ1) is 14.0. The van der Waals surface area contributed by atoms with Crippen molar-refractivity contribution >= 4 is 0 Å². The van der Waals surface area contributed by atoms with E-state index >= 15 is 0 Å². The Morgan fingerprint density at radius 3 is 2.79 bits per heavy atom.